The lowest BCUT2D eigenvalue weighted by Gasteiger charge is -2.33. The van der Waals surface area contributed by atoms with E-state index in [1.165, 1.54) is 24.8 Å². The predicted molar refractivity (Wildman–Crippen MR) is 96.8 cm³/mol. The number of halogens is 1. The molecule has 2 fully saturated rings. The second kappa shape index (κ2) is 5.77. The maximum atomic E-state index is 6.23. The summed E-state index contributed by atoms with van der Waals surface area (Å²) in [6.45, 7) is 4.24. The Kier molecular flexibility index (Phi) is 3.84. The van der Waals surface area contributed by atoms with Gasteiger partial charge in [0.15, 0.2) is 11.4 Å². The Balaban J connectivity index is 0.00000146. The van der Waals surface area contributed by atoms with E-state index >= 15 is 0 Å². The van der Waals surface area contributed by atoms with Gasteiger partial charge < -0.3 is 20.4 Å². The molecule has 2 bridgehead atoms. The third-order valence-corrected chi connectivity index (χ3v) is 5.65. The van der Waals surface area contributed by atoms with Gasteiger partial charge >= 0.3 is 0 Å². The monoisotopic (exact) mass is 349 g/mol. The first kappa shape index (κ1) is 16.0. The van der Waals surface area contributed by atoms with Gasteiger partial charge in [0, 0.05) is 37.2 Å². The number of furan rings is 1. The van der Waals surface area contributed by atoms with Gasteiger partial charge in [0.1, 0.15) is 11.3 Å². The molecule has 6 nitrogen and oxygen atoms in total. The number of anilines is 2. The van der Waals surface area contributed by atoms with Crippen LogP contribution in [0.2, 0.25) is 0 Å². The molecule has 1 aliphatic carbocycles. The van der Waals surface area contributed by atoms with E-state index in [4.69, 9.17) is 10.2 Å². The molecule has 3 atom stereocenters. The number of hydrogen-bond acceptors (Lipinski definition) is 6. The van der Waals surface area contributed by atoms with Gasteiger partial charge in [-0.3, -0.25) is 0 Å². The van der Waals surface area contributed by atoms with Crippen LogP contribution in [0, 0.1) is 5.92 Å². The fraction of sp³-hybridized carbons (Fsp3) is 0.647. The van der Waals surface area contributed by atoms with Gasteiger partial charge in [-0.25, -0.2) is 4.98 Å². The first-order chi connectivity index (χ1) is 11.2. The average Bonchev–Trinajstić information content (AvgIpc) is 3.06. The molecule has 24 heavy (non-hydrogen) atoms. The molecule has 3 unspecified atom stereocenters. The molecule has 130 valence electrons. The Morgan fingerprint density at radius 1 is 1.17 bits per heavy atom. The predicted octanol–water partition coefficient (Wildman–Crippen LogP) is 2.29. The number of nitrogens with one attached hydrogen (secondary N) is 1. The van der Waals surface area contributed by atoms with E-state index in [-0.39, 0.29) is 12.4 Å². The highest BCUT2D eigenvalue weighted by atomic mass is 35.5. The normalized spacial score (nSPS) is 28.7. The number of nitrogen functional groups attached to an aromatic ring is 1. The maximum Gasteiger partial charge on any atom is 0.222 e. The van der Waals surface area contributed by atoms with Crippen molar-refractivity contribution in [3.05, 3.63) is 11.3 Å². The van der Waals surface area contributed by atoms with E-state index in [1.807, 2.05) is 0 Å². The summed E-state index contributed by atoms with van der Waals surface area (Å²) in [7, 11) is 0. The SMILES string of the molecule is CC1CCc2oc3c(N4CC5CCC(C4)N5)nc(N)nc3c2C1.Cl. The van der Waals surface area contributed by atoms with E-state index < -0.39 is 0 Å². The Bertz CT molecular complexity index is 764. The summed E-state index contributed by atoms with van der Waals surface area (Å²) < 4.78 is 6.23. The second-order valence-electron chi connectivity index (χ2n) is 7.48. The van der Waals surface area contributed by atoms with E-state index in [1.54, 1.807) is 0 Å². The van der Waals surface area contributed by atoms with Crippen molar-refractivity contribution in [2.24, 2.45) is 5.92 Å². The standard InChI is InChI=1S/C17H23N5O.ClH/c1-9-2-5-13-12(6-9)14-15(23-13)16(21-17(18)20-14)22-7-10-3-4-11(8-22)19-10;/h9-11,19H,2-8H2,1H3,(H2,18,20,21);1H. The quantitative estimate of drug-likeness (QED) is 0.822. The summed E-state index contributed by atoms with van der Waals surface area (Å²) in [5.74, 6) is 3.03. The zero-order valence-electron chi connectivity index (χ0n) is 13.9. The van der Waals surface area contributed by atoms with E-state index in [0.29, 0.717) is 23.9 Å². The van der Waals surface area contributed by atoms with Crippen LogP contribution in [0.25, 0.3) is 11.1 Å². The Morgan fingerprint density at radius 3 is 2.67 bits per heavy atom. The zero-order valence-corrected chi connectivity index (χ0v) is 14.7. The van der Waals surface area contributed by atoms with Crippen molar-refractivity contribution < 1.29 is 4.42 Å². The van der Waals surface area contributed by atoms with E-state index in [9.17, 15) is 0 Å². The molecule has 3 aliphatic rings. The topological polar surface area (TPSA) is 80.2 Å². The number of fused-ring (bicyclic) bond motifs is 5. The summed E-state index contributed by atoms with van der Waals surface area (Å²) in [4.78, 5) is 11.4. The van der Waals surface area contributed by atoms with Crippen LogP contribution in [-0.2, 0) is 12.8 Å². The van der Waals surface area contributed by atoms with Gasteiger partial charge in [0.2, 0.25) is 5.95 Å². The summed E-state index contributed by atoms with van der Waals surface area (Å²) in [5.41, 5.74) is 9.08. The van der Waals surface area contributed by atoms with Crippen LogP contribution in [0.15, 0.2) is 4.42 Å². The molecule has 2 aromatic heterocycles. The van der Waals surface area contributed by atoms with Gasteiger partial charge in [0.25, 0.3) is 0 Å². The third kappa shape index (κ3) is 2.43. The van der Waals surface area contributed by atoms with Gasteiger partial charge in [-0.05, 0) is 31.6 Å². The van der Waals surface area contributed by atoms with Crippen molar-refractivity contribution in [3.8, 4) is 0 Å². The van der Waals surface area contributed by atoms with Crippen LogP contribution in [0.5, 0.6) is 0 Å². The molecule has 5 rings (SSSR count). The van der Waals surface area contributed by atoms with Crippen molar-refractivity contribution in [1.29, 1.82) is 0 Å². The number of hydrogen-bond donors (Lipinski definition) is 2. The first-order valence-electron chi connectivity index (χ1n) is 8.76. The van der Waals surface area contributed by atoms with Crippen LogP contribution in [0.1, 0.15) is 37.5 Å². The molecular formula is C17H24ClN5O. The van der Waals surface area contributed by atoms with Crippen molar-refractivity contribution in [2.45, 2.75) is 51.1 Å². The van der Waals surface area contributed by atoms with Crippen molar-refractivity contribution >= 4 is 35.3 Å². The van der Waals surface area contributed by atoms with E-state index in [0.717, 1.165) is 48.6 Å². The molecule has 2 aliphatic heterocycles. The fourth-order valence-electron chi connectivity index (χ4n) is 4.50. The van der Waals surface area contributed by atoms with Crippen LogP contribution in [-0.4, -0.2) is 35.1 Å². The second-order valence-corrected chi connectivity index (χ2v) is 7.48. The molecule has 4 heterocycles. The average molecular weight is 350 g/mol. The lowest BCUT2D eigenvalue weighted by molar-refractivity contribution is 0.435. The van der Waals surface area contributed by atoms with Gasteiger partial charge in [-0.15, -0.1) is 12.4 Å². The van der Waals surface area contributed by atoms with E-state index in [2.05, 4.69) is 27.1 Å². The van der Waals surface area contributed by atoms with Crippen LogP contribution in [0.3, 0.4) is 0 Å². The van der Waals surface area contributed by atoms with Gasteiger partial charge in [-0.1, -0.05) is 6.92 Å². The number of aryl methyl sites for hydroxylation is 1. The Morgan fingerprint density at radius 2 is 1.92 bits per heavy atom. The largest absolute Gasteiger partial charge is 0.455 e. The molecular weight excluding hydrogens is 326 g/mol. The summed E-state index contributed by atoms with van der Waals surface area (Å²) >= 11 is 0. The number of rotatable bonds is 1. The molecule has 3 N–H and O–H groups in total. The van der Waals surface area contributed by atoms with Gasteiger partial charge in [-0.2, -0.15) is 4.98 Å². The van der Waals surface area contributed by atoms with Crippen molar-refractivity contribution in [1.82, 2.24) is 15.3 Å². The maximum absolute atomic E-state index is 6.23. The Labute approximate surface area is 147 Å². The third-order valence-electron chi connectivity index (χ3n) is 5.65. The van der Waals surface area contributed by atoms with Crippen molar-refractivity contribution in [2.75, 3.05) is 23.7 Å². The number of aromatic nitrogens is 2. The highest BCUT2D eigenvalue weighted by Crippen LogP contribution is 2.38. The van der Waals surface area contributed by atoms with Crippen LogP contribution >= 0.6 is 12.4 Å². The lowest BCUT2D eigenvalue weighted by atomic mass is 9.89. The summed E-state index contributed by atoms with van der Waals surface area (Å²) in [5, 5.41) is 3.66. The minimum absolute atomic E-state index is 0. The number of nitrogens with two attached hydrogens (primary N) is 1. The minimum atomic E-state index is 0. The van der Waals surface area contributed by atoms with Crippen molar-refractivity contribution in [3.63, 3.8) is 0 Å². The van der Waals surface area contributed by atoms with Crippen LogP contribution < -0.4 is 16.0 Å². The van der Waals surface area contributed by atoms with Gasteiger partial charge in [0.05, 0.1) is 0 Å². The molecule has 0 radical (unpaired) electrons. The molecule has 0 aromatic carbocycles. The molecule has 0 spiro atoms. The highest BCUT2D eigenvalue weighted by Gasteiger charge is 2.35. The zero-order chi connectivity index (χ0) is 15.6. The Hall–Kier alpha value is -1.53. The molecule has 0 saturated carbocycles. The highest BCUT2D eigenvalue weighted by molar-refractivity contribution is 5.89. The summed E-state index contributed by atoms with van der Waals surface area (Å²) in [6.07, 6.45) is 5.71. The first-order valence-corrected chi connectivity index (χ1v) is 8.76. The molecule has 2 aromatic rings. The summed E-state index contributed by atoms with van der Waals surface area (Å²) in [6, 6.07) is 1.12. The lowest BCUT2D eigenvalue weighted by Crippen LogP contribution is -2.51. The van der Waals surface area contributed by atoms with Crippen LogP contribution in [0.4, 0.5) is 11.8 Å². The number of piperazine rings is 1. The minimum Gasteiger partial charge on any atom is -0.455 e. The molecule has 0 amide bonds. The molecule has 7 heteroatoms. The fourth-order valence-corrected chi connectivity index (χ4v) is 4.50. The smallest absolute Gasteiger partial charge is 0.222 e. The molecule has 2 saturated heterocycles. The number of nitrogens with zero attached hydrogens (tertiary/aromatic N) is 3.